The van der Waals surface area contributed by atoms with E-state index in [0.717, 1.165) is 30.8 Å². The number of aryl methyl sites for hydroxylation is 1. The lowest BCUT2D eigenvalue weighted by Crippen LogP contribution is -2.29. The molecule has 2 aromatic carbocycles. The fraction of sp³-hybridized carbons (Fsp3) is 0.263. The molecule has 0 aliphatic carbocycles. The predicted octanol–water partition coefficient (Wildman–Crippen LogP) is 4.14. The SMILES string of the molecule is C=CCN(CCCc1ccccc1)Oc1ccccc1NC. The van der Waals surface area contributed by atoms with Gasteiger partial charge in [0.05, 0.1) is 12.2 Å². The van der Waals surface area contributed by atoms with E-state index in [4.69, 9.17) is 4.84 Å². The van der Waals surface area contributed by atoms with E-state index >= 15 is 0 Å². The number of rotatable bonds is 9. The van der Waals surface area contributed by atoms with Gasteiger partial charge in [-0.3, -0.25) is 0 Å². The van der Waals surface area contributed by atoms with Crippen LogP contribution in [0.3, 0.4) is 0 Å². The molecule has 116 valence electrons. The van der Waals surface area contributed by atoms with Crippen LogP contribution < -0.4 is 10.2 Å². The normalized spacial score (nSPS) is 10.5. The predicted molar refractivity (Wildman–Crippen MR) is 93.1 cm³/mol. The van der Waals surface area contributed by atoms with Gasteiger partial charge in [0.1, 0.15) is 0 Å². The molecule has 0 radical (unpaired) electrons. The zero-order valence-corrected chi connectivity index (χ0v) is 13.2. The number of benzene rings is 2. The van der Waals surface area contributed by atoms with Crippen molar-refractivity contribution in [3.8, 4) is 5.75 Å². The van der Waals surface area contributed by atoms with Gasteiger partial charge in [-0.05, 0) is 30.5 Å². The molecule has 22 heavy (non-hydrogen) atoms. The number of nitrogens with one attached hydrogen (secondary N) is 1. The van der Waals surface area contributed by atoms with Gasteiger partial charge in [0.2, 0.25) is 0 Å². The van der Waals surface area contributed by atoms with Crippen molar-refractivity contribution in [2.45, 2.75) is 12.8 Å². The Hall–Kier alpha value is -2.26. The highest BCUT2D eigenvalue weighted by atomic mass is 16.7. The van der Waals surface area contributed by atoms with E-state index in [1.807, 2.05) is 48.5 Å². The summed E-state index contributed by atoms with van der Waals surface area (Å²) in [5, 5.41) is 5.10. The van der Waals surface area contributed by atoms with Crippen LogP contribution in [0.5, 0.6) is 5.75 Å². The molecule has 0 aromatic heterocycles. The summed E-state index contributed by atoms with van der Waals surface area (Å²) < 4.78 is 0. The minimum absolute atomic E-state index is 0.701. The molecule has 0 bridgehead atoms. The number of hydroxylamine groups is 2. The standard InChI is InChI=1S/C19H24N2O/c1-3-15-21(16-9-12-17-10-5-4-6-11-17)22-19-14-8-7-13-18(19)20-2/h3-8,10-11,13-14,20H,1,9,12,15-16H2,2H3. The fourth-order valence-electron chi connectivity index (χ4n) is 2.31. The van der Waals surface area contributed by atoms with Gasteiger partial charge in [-0.15, -0.1) is 11.6 Å². The number of hydrogen-bond acceptors (Lipinski definition) is 3. The molecule has 0 unspecified atom stereocenters. The molecular formula is C19H24N2O. The molecule has 3 nitrogen and oxygen atoms in total. The Balaban J connectivity index is 1.90. The van der Waals surface area contributed by atoms with Gasteiger partial charge in [0, 0.05) is 13.6 Å². The summed E-state index contributed by atoms with van der Waals surface area (Å²) in [6.45, 7) is 5.37. The Morgan fingerprint density at radius 2 is 1.82 bits per heavy atom. The van der Waals surface area contributed by atoms with Gasteiger partial charge in [-0.2, -0.15) is 0 Å². The van der Waals surface area contributed by atoms with Crippen LogP contribution in [0.15, 0.2) is 67.3 Å². The first kappa shape index (κ1) is 16.1. The molecule has 3 heteroatoms. The first-order valence-electron chi connectivity index (χ1n) is 7.68. The third kappa shape index (κ3) is 4.93. The van der Waals surface area contributed by atoms with Crippen molar-refractivity contribution < 1.29 is 4.84 Å². The van der Waals surface area contributed by atoms with Crippen molar-refractivity contribution in [3.05, 3.63) is 72.8 Å². The van der Waals surface area contributed by atoms with E-state index < -0.39 is 0 Å². The molecule has 0 aliphatic heterocycles. The summed E-state index contributed by atoms with van der Waals surface area (Å²) in [4.78, 5) is 6.01. The average molecular weight is 296 g/mol. The molecule has 0 spiro atoms. The summed E-state index contributed by atoms with van der Waals surface area (Å²) >= 11 is 0. The second-order valence-corrected chi connectivity index (χ2v) is 5.10. The van der Waals surface area contributed by atoms with Gasteiger partial charge in [0.15, 0.2) is 5.75 Å². The number of hydrogen-bond donors (Lipinski definition) is 1. The quantitative estimate of drug-likeness (QED) is 0.556. The van der Waals surface area contributed by atoms with Crippen LogP contribution in [0.1, 0.15) is 12.0 Å². The Bertz CT molecular complexity index is 569. The van der Waals surface area contributed by atoms with E-state index in [2.05, 4.69) is 36.2 Å². The monoisotopic (exact) mass is 296 g/mol. The van der Waals surface area contributed by atoms with E-state index in [0.29, 0.717) is 6.54 Å². The van der Waals surface area contributed by atoms with Gasteiger partial charge in [0.25, 0.3) is 0 Å². The Morgan fingerprint density at radius 3 is 2.55 bits per heavy atom. The minimum atomic E-state index is 0.701. The number of para-hydroxylation sites is 2. The lowest BCUT2D eigenvalue weighted by molar-refractivity contribution is -0.0473. The molecule has 0 aliphatic rings. The van der Waals surface area contributed by atoms with Crippen molar-refractivity contribution in [3.63, 3.8) is 0 Å². The lowest BCUT2D eigenvalue weighted by atomic mass is 10.1. The number of nitrogens with zero attached hydrogens (tertiary/aromatic N) is 1. The molecule has 0 saturated carbocycles. The molecule has 0 heterocycles. The third-order valence-electron chi connectivity index (χ3n) is 3.43. The Morgan fingerprint density at radius 1 is 1.09 bits per heavy atom. The second-order valence-electron chi connectivity index (χ2n) is 5.10. The van der Waals surface area contributed by atoms with Crippen molar-refractivity contribution in [1.29, 1.82) is 0 Å². The summed E-state index contributed by atoms with van der Waals surface area (Å²) in [5.74, 6) is 0.839. The molecule has 0 fully saturated rings. The maximum Gasteiger partial charge on any atom is 0.170 e. The van der Waals surface area contributed by atoms with Crippen LogP contribution in [0.25, 0.3) is 0 Å². The van der Waals surface area contributed by atoms with Gasteiger partial charge in [-0.1, -0.05) is 48.5 Å². The molecule has 0 atom stereocenters. The molecule has 2 aromatic rings. The van der Waals surface area contributed by atoms with Crippen LogP contribution in [-0.2, 0) is 6.42 Å². The highest BCUT2D eigenvalue weighted by molar-refractivity contribution is 5.55. The summed E-state index contributed by atoms with van der Waals surface area (Å²) in [6.07, 6.45) is 3.95. The zero-order valence-electron chi connectivity index (χ0n) is 13.2. The summed E-state index contributed by atoms with van der Waals surface area (Å²) in [6, 6.07) is 18.5. The summed E-state index contributed by atoms with van der Waals surface area (Å²) in [7, 11) is 1.90. The van der Waals surface area contributed by atoms with Crippen LogP contribution in [0.4, 0.5) is 5.69 Å². The van der Waals surface area contributed by atoms with Crippen molar-refractivity contribution in [2.24, 2.45) is 0 Å². The van der Waals surface area contributed by atoms with Gasteiger partial charge < -0.3 is 10.2 Å². The second kappa shape index (κ2) is 8.90. The third-order valence-corrected chi connectivity index (χ3v) is 3.43. The lowest BCUT2D eigenvalue weighted by Gasteiger charge is -2.22. The topological polar surface area (TPSA) is 24.5 Å². The number of anilines is 1. The Kier molecular flexibility index (Phi) is 6.52. The first-order valence-corrected chi connectivity index (χ1v) is 7.68. The zero-order chi connectivity index (χ0) is 15.6. The van der Waals surface area contributed by atoms with Gasteiger partial charge in [-0.25, -0.2) is 0 Å². The molecule has 1 N–H and O–H groups in total. The molecule has 0 amide bonds. The van der Waals surface area contributed by atoms with Gasteiger partial charge >= 0.3 is 0 Å². The molecular weight excluding hydrogens is 272 g/mol. The highest BCUT2D eigenvalue weighted by Crippen LogP contribution is 2.24. The van der Waals surface area contributed by atoms with Crippen molar-refractivity contribution in [2.75, 3.05) is 25.5 Å². The van der Waals surface area contributed by atoms with E-state index in [1.54, 1.807) is 0 Å². The van der Waals surface area contributed by atoms with Crippen LogP contribution in [0, 0.1) is 0 Å². The molecule has 2 rings (SSSR count). The van der Waals surface area contributed by atoms with Crippen LogP contribution in [-0.4, -0.2) is 25.2 Å². The van der Waals surface area contributed by atoms with Crippen molar-refractivity contribution in [1.82, 2.24) is 5.06 Å². The Labute approximate surface area is 133 Å². The average Bonchev–Trinajstić information content (AvgIpc) is 2.56. The maximum absolute atomic E-state index is 6.01. The smallest absolute Gasteiger partial charge is 0.170 e. The fourth-order valence-corrected chi connectivity index (χ4v) is 2.31. The summed E-state index contributed by atoms with van der Waals surface area (Å²) in [5.41, 5.74) is 2.34. The maximum atomic E-state index is 6.01. The van der Waals surface area contributed by atoms with Crippen LogP contribution in [0.2, 0.25) is 0 Å². The van der Waals surface area contributed by atoms with Crippen LogP contribution >= 0.6 is 0 Å². The largest absolute Gasteiger partial charge is 0.403 e. The van der Waals surface area contributed by atoms with E-state index in [1.165, 1.54) is 5.56 Å². The molecule has 0 saturated heterocycles. The van der Waals surface area contributed by atoms with E-state index in [-0.39, 0.29) is 0 Å². The van der Waals surface area contributed by atoms with E-state index in [9.17, 15) is 0 Å². The van der Waals surface area contributed by atoms with Crippen molar-refractivity contribution >= 4 is 5.69 Å². The highest BCUT2D eigenvalue weighted by Gasteiger charge is 2.08. The first-order chi connectivity index (χ1) is 10.8. The minimum Gasteiger partial charge on any atom is -0.403 e.